The van der Waals surface area contributed by atoms with Crippen molar-refractivity contribution in [3.05, 3.63) is 27.7 Å². The largest absolute Gasteiger partial charge is 0.496 e. The minimum atomic E-state index is -0.845. The van der Waals surface area contributed by atoms with Crippen molar-refractivity contribution >= 4 is 39.9 Å². The molecule has 1 aliphatic rings. The second-order valence-corrected chi connectivity index (χ2v) is 4.88. The molecule has 1 aromatic carbocycles. The standard InChI is InChI=1S/C13H11BrN2O5/c1-20-9-5-8(14)10(21-2)4-6(9)3-7-11(17)15-13(19)16-12(7)18/h3-5H,1-2H3,(H2,15,16,17,18,19). The lowest BCUT2D eigenvalue weighted by molar-refractivity contribution is -0.123. The first-order valence-corrected chi connectivity index (χ1v) is 6.55. The molecule has 4 amide bonds. The van der Waals surface area contributed by atoms with E-state index in [4.69, 9.17) is 9.47 Å². The van der Waals surface area contributed by atoms with Crippen molar-refractivity contribution in [3.8, 4) is 11.5 Å². The molecule has 1 aliphatic heterocycles. The van der Waals surface area contributed by atoms with Gasteiger partial charge in [-0.1, -0.05) is 0 Å². The van der Waals surface area contributed by atoms with Gasteiger partial charge in [-0.05, 0) is 34.1 Å². The molecule has 0 saturated carbocycles. The zero-order valence-corrected chi connectivity index (χ0v) is 12.7. The van der Waals surface area contributed by atoms with E-state index in [1.54, 1.807) is 12.1 Å². The first-order valence-electron chi connectivity index (χ1n) is 5.76. The highest BCUT2D eigenvalue weighted by Gasteiger charge is 2.28. The summed E-state index contributed by atoms with van der Waals surface area (Å²) in [7, 11) is 2.95. The normalized spacial score (nSPS) is 14.4. The Morgan fingerprint density at radius 1 is 1.00 bits per heavy atom. The zero-order valence-electron chi connectivity index (χ0n) is 11.2. The van der Waals surface area contributed by atoms with Crippen LogP contribution in [-0.4, -0.2) is 32.1 Å². The van der Waals surface area contributed by atoms with Gasteiger partial charge >= 0.3 is 6.03 Å². The van der Waals surface area contributed by atoms with Gasteiger partial charge in [-0.2, -0.15) is 0 Å². The van der Waals surface area contributed by atoms with Gasteiger partial charge in [0.05, 0.1) is 18.7 Å². The van der Waals surface area contributed by atoms with Gasteiger partial charge in [0, 0.05) is 5.56 Å². The Morgan fingerprint density at radius 3 is 2.10 bits per heavy atom. The molecule has 2 rings (SSSR count). The third-order valence-electron chi connectivity index (χ3n) is 2.75. The predicted octanol–water partition coefficient (Wildman–Crippen LogP) is 1.22. The summed E-state index contributed by atoms with van der Waals surface area (Å²) in [6.07, 6.45) is 1.32. The van der Waals surface area contributed by atoms with Gasteiger partial charge in [0.25, 0.3) is 11.8 Å². The average Bonchev–Trinajstić information content (AvgIpc) is 2.43. The number of amides is 4. The van der Waals surface area contributed by atoms with E-state index in [0.29, 0.717) is 21.5 Å². The fraction of sp³-hybridized carbons (Fsp3) is 0.154. The van der Waals surface area contributed by atoms with Gasteiger partial charge < -0.3 is 9.47 Å². The Balaban J connectivity index is 2.50. The van der Waals surface area contributed by atoms with Gasteiger partial charge in [-0.15, -0.1) is 0 Å². The number of carbonyl (C=O) groups excluding carboxylic acids is 3. The van der Waals surface area contributed by atoms with E-state index in [1.807, 2.05) is 10.6 Å². The number of hydrogen-bond donors (Lipinski definition) is 2. The van der Waals surface area contributed by atoms with Gasteiger partial charge in [0.15, 0.2) is 0 Å². The third kappa shape index (κ3) is 3.05. The van der Waals surface area contributed by atoms with Crippen LogP contribution >= 0.6 is 15.9 Å². The first-order chi connectivity index (χ1) is 9.96. The fourth-order valence-electron chi connectivity index (χ4n) is 1.76. The van der Waals surface area contributed by atoms with E-state index in [2.05, 4.69) is 15.9 Å². The van der Waals surface area contributed by atoms with Crippen molar-refractivity contribution in [1.82, 2.24) is 10.6 Å². The van der Waals surface area contributed by atoms with Gasteiger partial charge in [0.1, 0.15) is 17.1 Å². The first kappa shape index (κ1) is 15.0. The summed E-state index contributed by atoms with van der Waals surface area (Å²) in [5.74, 6) is -0.594. The Bertz CT molecular complexity index is 647. The molecule has 21 heavy (non-hydrogen) atoms. The highest BCUT2D eigenvalue weighted by Crippen LogP contribution is 2.34. The second kappa shape index (κ2) is 5.96. The van der Waals surface area contributed by atoms with Crippen molar-refractivity contribution in [2.75, 3.05) is 14.2 Å². The van der Waals surface area contributed by atoms with Crippen molar-refractivity contribution in [3.63, 3.8) is 0 Å². The Hall–Kier alpha value is -2.35. The highest BCUT2D eigenvalue weighted by atomic mass is 79.9. The molecule has 0 atom stereocenters. The molecule has 0 radical (unpaired) electrons. The quantitative estimate of drug-likeness (QED) is 0.628. The van der Waals surface area contributed by atoms with Crippen LogP contribution in [0.3, 0.4) is 0 Å². The summed E-state index contributed by atoms with van der Waals surface area (Å²) in [4.78, 5) is 34.4. The van der Waals surface area contributed by atoms with Crippen LogP contribution in [0.25, 0.3) is 6.08 Å². The topological polar surface area (TPSA) is 93.7 Å². The van der Waals surface area contributed by atoms with Crippen LogP contribution in [0.15, 0.2) is 22.2 Å². The van der Waals surface area contributed by atoms with Crippen LogP contribution in [0.1, 0.15) is 5.56 Å². The maximum Gasteiger partial charge on any atom is 0.328 e. The maximum atomic E-state index is 11.7. The number of methoxy groups -OCH3 is 2. The fourth-order valence-corrected chi connectivity index (χ4v) is 2.24. The van der Waals surface area contributed by atoms with Gasteiger partial charge in [0.2, 0.25) is 0 Å². The average molecular weight is 355 g/mol. The van der Waals surface area contributed by atoms with Crippen molar-refractivity contribution < 1.29 is 23.9 Å². The molecular weight excluding hydrogens is 344 g/mol. The molecule has 110 valence electrons. The van der Waals surface area contributed by atoms with Gasteiger partial charge in [-0.25, -0.2) is 4.79 Å². The Morgan fingerprint density at radius 2 is 1.57 bits per heavy atom. The number of benzene rings is 1. The minimum absolute atomic E-state index is 0.197. The molecule has 0 aromatic heterocycles. The molecule has 8 heteroatoms. The minimum Gasteiger partial charge on any atom is -0.496 e. The van der Waals surface area contributed by atoms with E-state index in [9.17, 15) is 14.4 Å². The Labute approximate surface area is 128 Å². The van der Waals surface area contributed by atoms with Crippen molar-refractivity contribution in [2.24, 2.45) is 0 Å². The smallest absolute Gasteiger partial charge is 0.328 e. The predicted molar refractivity (Wildman–Crippen MR) is 76.9 cm³/mol. The summed E-state index contributed by atoms with van der Waals surface area (Å²) < 4.78 is 11.0. The third-order valence-corrected chi connectivity index (χ3v) is 3.37. The van der Waals surface area contributed by atoms with Crippen LogP contribution in [0, 0.1) is 0 Å². The second-order valence-electron chi connectivity index (χ2n) is 4.02. The number of barbiturate groups is 1. The number of imide groups is 2. The lowest BCUT2D eigenvalue weighted by Gasteiger charge is -2.15. The number of halogens is 1. The lowest BCUT2D eigenvalue weighted by Crippen LogP contribution is -2.51. The molecule has 0 bridgehead atoms. The van der Waals surface area contributed by atoms with Crippen LogP contribution in [-0.2, 0) is 9.59 Å². The monoisotopic (exact) mass is 354 g/mol. The summed E-state index contributed by atoms with van der Waals surface area (Å²) in [5, 5.41) is 4.00. The zero-order chi connectivity index (χ0) is 15.6. The van der Waals surface area contributed by atoms with E-state index < -0.39 is 17.8 Å². The maximum absolute atomic E-state index is 11.7. The number of rotatable bonds is 3. The number of hydrogen-bond acceptors (Lipinski definition) is 5. The van der Waals surface area contributed by atoms with Crippen molar-refractivity contribution in [2.45, 2.75) is 0 Å². The van der Waals surface area contributed by atoms with Crippen LogP contribution < -0.4 is 20.1 Å². The molecule has 0 spiro atoms. The molecule has 1 aromatic rings. The number of carbonyl (C=O) groups is 3. The number of nitrogens with one attached hydrogen (secondary N) is 2. The molecule has 0 aliphatic carbocycles. The SMILES string of the molecule is COc1cc(C=C2C(=O)NC(=O)NC2=O)c(OC)cc1Br. The molecule has 1 saturated heterocycles. The van der Waals surface area contributed by atoms with Crippen LogP contribution in [0.4, 0.5) is 4.79 Å². The summed E-state index contributed by atoms with van der Waals surface area (Å²) in [6.45, 7) is 0. The summed E-state index contributed by atoms with van der Waals surface area (Å²) in [5.41, 5.74) is 0.268. The highest BCUT2D eigenvalue weighted by molar-refractivity contribution is 9.10. The van der Waals surface area contributed by atoms with Gasteiger partial charge in [-0.3, -0.25) is 20.2 Å². The summed E-state index contributed by atoms with van der Waals surface area (Å²) >= 11 is 3.31. The molecular formula is C13H11BrN2O5. The molecule has 1 fully saturated rings. The molecule has 7 nitrogen and oxygen atoms in total. The van der Waals surface area contributed by atoms with E-state index >= 15 is 0 Å². The summed E-state index contributed by atoms with van der Waals surface area (Å²) in [6, 6.07) is 2.41. The molecule has 2 N–H and O–H groups in total. The number of urea groups is 1. The number of ether oxygens (including phenoxy) is 2. The van der Waals surface area contributed by atoms with E-state index in [0.717, 1.165) is 0 Å². The van der Waals surface area contributed by atoms with Crippen molar-refractivity contribution in [1.29, 1.82) is 0 Å². The van der Waals surface area contributed by atoms with Crippen LogP contribution in [0.2, 0.25) is 0 Å². The lowest BCUT2D eigenvalue weighted by atomic mass is 10.1. The molecule has 1 heterocycles. The van der Waals surface area contributed by atoms with Crippen LogP contribution in [0.5, 0.6) is 11.5 Å². The van der Waals surface area contributed by atoms with E-state index in [1.165, 1.54) is 20.3 Å². The Kier molecular flexibility index (Phi) is 4.27. The molecule has 0 unspecified atom stereocenters. The van der Waals surface area contributed by atoms with E-state index in [-0.39, 0.29) is 5.57 Å².